The van der Waals surface area contributed by atoms with E-state index >= 15 is 0 Å². The van der Waals surface area contributed by atoms with Crippen LogP contribution in [0.25, 0.3) is 27.7 Å². The molecule has 7 heteroatoms. The lowest BCUT2D eigenvalue weighted by atomic mass is 9.91. The summed E-state index contributed by atoms with van der Waals surface area (Å²) in [5.74, 6) is 2.58. The highest BCUT2D eigenvalue weighted by Crippen LogP contribution is 2.28. The lowest BCUT2D eigenvalue weighted by Gasteiger charge is -2.34. The number of hydrogen-bond donors (Lipinski definition) is 2. The molecule has 38 heavy (non-hydrogen) atoms. The minimum Gasteiger partial charge on any atom is -0.340 e. The third-order valence-corrected chi connectivity index (χ3v) is 8.07. The number of fused-ring (bicyclic) bond motifs is 2. The standard InChI is InChI=1S/C31H37N7/c1-21(2)37-11-7-23(8-12-37)14-28-16-24(6-9-33-28)22(3)36-30-17-27-15-25(4-5-26(27)18-34-30)29-19-35-31-20-32-10-13-38(29)31/h4-6,9,15-19,21,23,32H,3,7-8,10-14,20H2,1-2H3,(H,34,36). The molecular formula is C31H37N7. The fourth-order valence-corrected chi connectivity index (χ4v) is 5.77. The minimum absolute atomic E-state index is 0.635. The maximum atomic E-state index is 4.67. The monoisotopic (exact) mass is 507 g/mol. The van der Waals surface area contributed by atoms with Crippen LogP contribution in [-0.2, 0) is 19.5 Å². The minimum atomic E-state index is 0.635. The van der Waals surface area contributed by atoms with Gasteiger partial charge in [0.2, 0.25) is 0 Å². The van der Waals surface area contributed by atoms with E-state index in [-0.39, 0.29) is 0 Å². The number of anilines is 1. The van der Waals surface area contributed by atoms with Gasteiger partial charge in [-0.3, -0.25) is 4.98 Å². The Morgan fingerprint density at radius 2 is 1.89 bits per heavy atom. The number of pyridine rings is 2. The normalized spacial score (nSPS) is 16.6. The molecule has 6 rings (SSSR count). The van der Waals surface area contributed by atoms with Gasteiger partial charge in [0.15, 0.2) is 0 Å². The Balaban J connectivity index is 1.16. The molecule has 0 radical (unpaired) electrons. The van der Waals surface area contributed by atoms with Crippen molar-refractivity contribution in [3.05, 3.63) is 78.6 Å². The van der Waals surface area contributed by atoms with Crippen molar-refractivity contribution < 1.29 is 0 Å². The Morgan fingerprint density at radius 1 is 1.03 bits per heavy atom. The lowest BCUT2D eigenvalue weighted by Crippen LogP contribution is -2.38. The second-order valence-electron chi connectivity index (χ2n) is 10.9. The molecule has 196 valence electrons. The summed E-state index contributed by atoms with van der Waals surface area (Å²) < 4.78 is 2.31. The van der Waals surface area contributed by atoms with Crippen molar-refractivity contribution in [3.8, 4) is 11.3 Å². The molecule has 7 nitrogen and oxygen atoms in total. The summed E-state index contributed by atoms with van der Waals surface area (Å²) in [5, 5.41) is 9.08. The highest BCUT2D eigenvalue weighted by Gasteiger charge is 2.21. The van der Waals surface area contributed by atoms with E-state index in [9.17, 15) is 0 Å². The molecule has 2 aliphatic rings. The molecule has 0 bridgehead atoms. The van der Waals surface area contributed by atoms with Gasteiger partial charge < -0.3 is 20.1 Å². The van der Waals surface area contributed by atoms with Crippen LogP contribution in [0.15, 0.2) is 61.6 Å². The zero-order valence-corrected chi connectivity index (χ0v) is 22.5. The van der Waals surface area contributed by atoms with E-state index in [4.69, 9.17) is 0 Å². The second kappa shape index (κ2) is 10.7. The molecule has 1 saturated heterocycles. The van der Waals surface area contributed by atoms with Gasteiger partial charge in [-0.25, -0.2) is 9.97 Å². The van der Waals surface area contributed by atoms with E-state index in [0.717, 1.165) is 65.4 Å². The summed E-state index contributed by atoms with van der Waals surface area (Å²) in [7, 11) is 0. The average molecular weight is 508 g/mol. The SMILES string of the molecule is C=C(Nc1cc2cc(-c3cnc4n3CCNC4)ccc2cn1)c1ccnc(CC2CCN(C(C)C)CC2)c1. The van der Waals surface area contributed by atoms with E-state index in [1.54, 1.807) is 0 Å². The molecule has 4 aromatic rings. The van der Waals surface area contributed by atoms with Gasteiger partial charge in [-0.2, -0.15) is 0 Å². The molecule has 0 aliphatic carbocycles. The largest absolute Gasteiger partial charge is 0.340 e. The van der Waals surface area contributed by atoms with Gasteiger partial charge in [0.05, 0.1) is 18.4 Å². The first kappa shape index (κ1) is 24.8. The molecule has 2 aliphatic heterocycles. The van der Waals surface area contributed by atoms with Crippen LogP contribution in [0.4, 0.5) is 5.82 Å². The number of piperidine rings is 1. The van der Waals surface area contributed by atoms with Crippen molar-refractivity contribution in [2.45, 2.75) is 52.2 Å². The summed E-state index contributed by atoms with van der Waals surface area (Å²) >= 11 is 0. The predicted molar refractivity (Wildman–Crippen MR) is 155 cm³/mol. The number of likely N-dealkylation sites (tertiary alicyclic amines) is 1. The Morgan fingerprint density at radius 3 is 2.74 bits per heavy atom. The van der Waals surface area contributed by atoms with Crippen molar-refractivity contribution in [1.82, 2.24) is 29.7 Å². The number of nitrogens with zero attached hydrogens (tertiary/aromatic N) is 5. The Kier molecular flexibility index (Phi) is 6.96. The van der Waals surface area contributed by atoms with Gasteiger partial charge in [-0.1, -0.05) is 18.7 Å². The first-order chi connectivity index (χ1) is 18.5. The second-order valence-corrected chi connectivity index (χ2v) is 10.9. The molecule has 0 atom stereocenters. The van der Waals surface area contributed by atoms with E-state index in [2.05, 4.69) is 85.8 Å². The third kappa shape index (κ3) is 5.22. The number of nitrogens with one attached hydrogen (secondary N) is 2. The van der Waals surface area contributed by atoms with Crippen LogP contribution in [0.2, 0.25) is 0 Å². The van der Waals surface area contributed by atoms with Gasteiger partial charge in [-0.05, 0) is 81.8 Å². The maximum absolute atomic E-state index is 4.67. The zero-order chi connectivity index (χ0) is 26.1. The number of imidazole rings is 1. The van der Waals surface area contributed by atoms with Crippen molar-refractivity contribution in [3.63, 3.8) is 0 Å². The first-order valence-electron chi connectivity index (χ1n) is 13.8. The van der Waals surface area contributed by atoms with Gasteiger partial charge >= 0.3 is 0 Å². The average Bonchev–Trinajstić information content (AvgIpc) is 3.37. The van der Waals surface area contributed by atoms with Crippen molar-refractivity contribution in [1.29, 1.82) is 0 Å². The summed E-state index contributed by atoms with van der Waals surface area (Å²) in [5.41, 5.74) is 5.38. The van der Waals surface area contributed by atoms with Crippen LogP contribution in [-0.4, -0.2) is 50.1 Å². The quantitative estimate of drug-likeness (QED) is 0.352. The van der Waals surface area contributed by atoms with Crippen LogP contribution in [0.1, 0.15) is 43.8 Å². The fraction of sp³-hybridized carbons (Fsp3) is 0.387. The number of rotatable bonds is 7. The van der Waals surface area contributed by atoms with Crippen molar-refractivity contribution in [2.24, 2.45) is 5.92 Å². The third-order valence-electron chi connectivity index (χ3n) is 8.07. The smallest absolute Gasteiger partial charge is 0.130 e. The molecule has 2 N–H and O–H groups in total. The van der Waals surface area contributed by atoms with E-state index in [1.807, 2.05) is 24.7 Å². The van der Waals surface area contributed by atoms with Crippen LogP contribution >= 0.6 is 0 Å². The fourth-order valence-electron chi connectivity index (χ4n) is 5.77. The molecule has 1 aromatic carbocycles. The van der Waals surface area contributed by atoms with Gasteiger partial charge in [-0.15, -0.1) is 0 Å². The summed E-state index contributed by atoms with van der Waals surface area (Å²) in [4.78, 5) is 16.5. The Bertz CT molecular complexity index is 1450. The summed E-state index contributed by atoms with van der Waals surface area (Å²) in [6.07, 6.45) is 9.32. The molecule has 5 heterocycles. The Labute approximate surface area is 225 Å². The molecule has 0 saturated carbocycles. The highest BCUT2D eigenvalue weighted by molar-refractivity contribution is 5.89. The number of aromatic nitrogens is 4. The number of hydrogen-bond acceptors (Lipinski definition) is 6. The zero-order valence-electron chi connectivity index (χ0n) is 22.5. The molecule has 0 amide bonds. The molecule has 3 aromatic heterocycles. The highest BCUT2D eigenvalue weighted by atomic mass is 15.2. The lowest BCUT2D eigenvalue weighted by molar-refractivity contribution is 0.149. The topological polar surface area (TPSA) is 70.9 Å². The van der Waals surface area contributed by atoms with Gasteiger partial charge in [0.25, 0.3) is 0 Å². The van der Waals surface area contributed by atoms with Crippen LogP contribution < -0.4 is 10.6 Å². The number of benzene rings is 1. The van der Waals surface area contributed by atoms with Crippen LogP contribution in [0, 0.1) is 5.92 Å². The van der Waals surface area contributed by atoms with Crippen molar-refractivity contribution >= 4 is 22.3 Å². The van der Waals surface area contributed by atoms with E-state index < -0.39 is 0 Å². The molecule has 0 spiro atoms. The van der Waals surface area contributed by atoms with Crippen LogP contribution in [0.3, 0.4) is 0 Å². The van der Waals surface area contributed by atoms with E-state index in [0.29, 0.717) is 12.0 Å². The summed E-state index contributed by atoms with van der Waals surface area (Å²) in [6.45, 7) is 14.0. The molecule has 0 unspecified atom stereocenters. The molecular weight excluding hydrogens is 470 g/mol. The maximum Gasteiger partial charge on any atom is 0.130 e. The molecule has 1 fully saturated rings. The van der Waals surface area contributed by atoms with E-state index in [1.165, 1.54) is 37.2 Å². The summed E-state index contributed by atoms with van der Waals surface area (Å²) in [6, 6.07) is 13.5. The first-order valence-corrected chi connectivity index (χ1v) is 13.8. The Hall–Kier alpha value is -3.55. The van der Waals surface area contributed by atoms with Crippen LogP contribution in [0.5, 0.6) is 0 Å². The van der Waals surface area contributed by atoms with Crippen molar-refractivity contribution in [2.75, 3.05) is 25.0 Å². The van der Waals surface area contributed by atoms with Gasteiger partial charge in [0, 0.05) is 59.4 Å². The predicted octanol–water partition coefficient (Wildman–Crippen LogP) is 5.34. The van der Waals surface area contributed by atoms with Gasteiger partial charge in [0.1, 0.15) is 11.6 Å².